The second-order valence-electron chi connectivity index (χ2n) is 10.9. The minimum Gasteiger partial charge on any atom is -0.357 e. The van der Waals surface area contributed by atoms with Gasteiger partial charge in [0.15, 0.2) is 0 Å². The third-order valence-corrected chi connectivity index (χ3v) is 9.21. The fourth-order valence-corrected chi connectivity index (χ4v) is 6.89. The summed E-state index contributed by atoms with van der Waals surface area (Å²) in [6.45, 7) is 9.05. The molecule has 0 saturated carbocycles. The van der Waals surface area contributed by atoms with Crippen molar-refractivity contribution in [3.8, 4) is 6.07 Å². The number of anilines is 1. The molecule has 214 valence electrons. The SMILES string of the molecule is CCCCCCCCCCCCN1C(=O)C(=Cc2c(C)c(C#N)c(=O)n(CCC)c2N2CCCCC2)SC1=S. The molecule has 1 amide bonds. The van der Waals surface area contributed by atoms with Crippen molar-refractivity contribution >= 4 is 46.1 Å². The highest BCUT2D eigenvalue weighted by molar-refractivity contribution is 8.26. The van der Waals surface area contributed by atoms with Crippen molar-refractivity contribution in [1.82, 2.24) is 9.47 Å². The molecule has 39 heavy (non-hydrogen) atoms. The molecule has 3 heterocycles. The number of hydrogen-bond donors (Lipinski definition) is 0. The number of rotatable bonds is 15. The summed E-state index contributed by atoms with van der Waals surface area (Å²) in [6.07, 6.45) is 18.5. The Morgan fingerprint density at radius 3 is 2.10 bits per heavy atom. The molecule has 1 aromatic rings. The molecule has 0 radical (unpaired) electrons. The molecular formula is C31H46N4O2S2. The summed E-state index contributed by atoms with van der Waals surface area (Å²) in [4.78, 5) is 31.3. The third kappa shape index (κ3) is 8.20. The van der Waals surface area contributed by atoms with Crippen molar-refractivity contribution in [3.05, 3.63) is 31.9 Å². The maximum atomic E-state index is 13.4. The Kier molecular flexibility index (Phi) is 13.1. The normalized spacial score (nSPS) is 16.9. The first-order chi connectivity index (χ1) is 18.9. The number of aromatic nitrogens is 1. The Labute approximate surface area is 244 Å². The van der Waals surface area contributed by atoms with Gasteiger partial charge < -0.3 is 4.90 Å². The highest BCUT2D eigenvalue weighted by atomic mass is 32.2. The molecule has 2 aliphatic heterocycles. The summed E-state index contributed by atoms with van der Waals surface area (Å²) in [5.74, 6) is 0.787. The van der Waals surface area contributed by atoms with E-state index in [0.29, 0.717) is 27.9 Å². The molecule has 0 atom stereocenters. The van der Waals surface area contributed by atoms with E-state index >= 15 is 0 Å². The van der Waals surface area contributed by atoms with E-state index in [1.54, 1.807) is 9.47 Å². The van der Waals surface area contributed by atoms with Gasteiger partial charge in [-0.25, -0.2) is 0 Å². The fourth-order valence-electron chi connectivity index (χ4n) is 5.60. The lowest BCUT2D eigenvalue weighted by Crippen LogP contribution is -2.37. The smallest absolute Gasteiger partial charge is 0.270 e. The van der Waals surface area contributed by atoms with Crippen LogP contribution in [0.15, 0.2) is 9.70 Å². The molecule has 3 rings (SSSR count). The first-order valence-electron chi connectivity index (χ1n) is 15.1. The molecular weight excluding hydrogens is 525 g/mol. The highest BCUT2D eigenvalue weighted by Gasteiger charge is 2.33. The largest absolute Gasteiger partial charge is 0.357 e. The van der Waals surface area contributed by atoms with Crippen LogP contribution in [-0.4, -0.2) is 39.3 Å². The number of thiocarbonyl (C=S) groups is 1. The van der Waals surface area contributed by atoms with Gasteiger partial charge in [0.2, 0.25) is 0 Å². The highest BCUT2D eigenvalue weighted by Crippen LogP contribution is 2.36. The second kappa shape index (κ2) is 16.2. The van der Waals surface area contributed by atoms with Gasteiger partial charge in [-0.05, 0) is 50.7 Å². The van der Waals surface area contributed by atoms with Gasteiger partial charge in [0.1, 0.15) is 21.8 Å². The number of amides is 1. The van der Waals surface area contributed by atoms with Crippen molar-refractivity contribution < 1.29 is 4.79 Å². The van der Waals surface area contributed by atoms with E-state index in [1.165, 1.54) is 69.5 Å². The number of thioether (sulfide) groups is 1. The number of nitrogens with zero attached hydrogens (tertiary/aromatic N) is 4. The van der Waals surface area contributed by atoms with E-state index in [2.05, 4.69) is 17.9 Å². The minimum atomic E-state index is -0.233. The van der Waals surface area contributed by atoms with Crippen molar-refractivity contribution in [2.75, 3.05) is 24.5 Å². The molecule has 0 aliphatic carbocycles. The van der Waals surface area contributed by atoms with Gasteiger partial charge >= 0.3 is 0 Å². The van der Waals surface area contributed by atoms with Crippen LogP contribution in [0.4, 0.5) is 5.82 Å². The second-order valence-corrected chi connectivity index (χ2v) is 12.5. The zero-order valence-corrected chi connectivity index (χ0v) is 25.9. The summed E-state index contributed by atoms with van der Waals surface area (Å²) in [5.41, 5.74) is 1.38. The predicted octanol–water partition coefficient (Wildman–Crippen LogP) is 7.55. The number of unbranched alkanes of at least 4 members (excludes halogenated alkanes) is 9. The van der Waals surface area contributed by atoms with Crippen LogP contribution in [0.3, 0.4) is 0 Å². The number of piperidine rings is 1. The molecule has 8 heteroatoms. The Morgan fingerprint density at radius 1 is 0.897 bits per heavy atom. The van der Waals surface area contributed by atoms with E-state index in [0.717, 1.165) is 56.6 Å². The van der Waals surface area contributed by atoms with E-state index in [1.807, 2.05) is 19.9 Å². The predicted molar refractivity (Wildman–Crippen MR) is 168 cm³/mol. The number of nitriles is 1. The molecule has 2 saturated heterocycles. The minimum absolute atomic E-state index is 0.0586. The molecule has 2 fully saturated rings. The van der Waals surface area contributed by atoms with Crippen LogP contribution < -0.4 is 10.5 Å². The van der Waals surface area contributed by atoms with Gasteiger partial charge in [-0.2, -0.15) is 5.26 Å². The van der Waals surface area contributed by atoms with E-state index in [4.69, 9.17) is 12.2 Å². The van der Waals surface area contributed by atoms with Crippen LogP contribution in [0.2, 0.25) is 0 Å². The van der Waals surface area contributed by atoms with Gasteiger partial charge in [-0.15, -0.1) is 0 Å². The molecule has 0 spiro atoms. The Bertz CT molecular complexity index is 1130. The van der Waals surface area contributed by atoms with Crippen LogP contribution in [0.1, 0.15) is 120 Å². The number of pyridine rings is 1. The average molecular weight is 571 g/mol. The van der Waals surface area contributed by atoms with Crippen molar-refractivity contribution in [1.29, 1.82) is 5.26 Å². The number of carbonyl (C=O) groups excluding carboxylic acids is 1. The summed E-state index contributed by atoms with van der Waals surface area (Å²) in [5, 5.41) is 9.84. The Balaban J connectivity index is 1.74. The molecule has 0 aromatic carbocycles. The monoisotopic (exact) mass is 570 g/mol. The molecule has 0 bridgehead atoms. The quantitative estimate of drug-likeness (QED) is 0.123. The Morgan fingerprint density at radius 2 is 1.51 bits per heavy atom. The first kappa shape index (κ1) is 31.4. The number of carbonyl (C=O) groups is 1. The van der Waals surface area contributed by atoms with Crippen molar-refractivity contribution in [3.63, 3.8) is 0 Å². The van der Waals surface area contributed by atoms with E-state index in [9.17, 15) is 14.9 Å². The first-order valence-corrected chi connectivity index (χ1v) is 16.3. The van der Waals surface area contributed by atoms with Crippen LogP contribution in [0.25, 0.3) is 6.08 Å². The molecule has 0 unspecified atom stereocenters. The van der Waals surface area contributed by atoms with Gasteiger partial charge in [-0.3, -0.25) is 19.1 Å². The molecule has 0 N–H and O–H groups in total. The van der Waals surface area contributed by atoms with Crippen LogP contribution in [-0.2, 0) is 11.3 Å². The van der Waals surface area contributed by atoms with Gasteiger partial charge in [0.25, 0.3) is 11.5 Å². The Hall–Kier alpha value is -2.11. The van der Waals surface area contributed by atoms with Gasteiger partial charge in [0.05, 0.1) is 4.91 Å². The number of hydrogen-bond acceptors (Lipinski definition) is 6. The van der Waals surface area contributed by atoms with Crippen LogP contribution >= 0.6 is 24.0 Å². The van der Waals surface area contributed by atoms with Gasteiger partial charge in [0, 0.05) is 31.7 Å². The van der Waals surface area contributed by atoms with E-state index in [-0.39, 0.29) is 17.0 Å². The summed E-state index contributed by atoms with van der Waals surface area (Å²) in [6, 6.07) is 2.14. The summed E-state index contributed by atoms with van der Waals surface area (Å²) >= 11 is 6.96. The lowest BCUT2D eigenvalue weighted by Gasteiger charge is -2.33. The summed E-state index contributed by atoms with van der Waals surface area (Å²) in [7, 11) is 0. The van der Waals surface area contributed by atoms with Crippen LogP contribution in [0, 0.1) is 18.3 Å². The molecule has 1 aromatic heterocycles. The third-order valence-electron chi connectivity index (χ3n) is 7.83. The van der Waals surface area contributed by atoms with E-state index < -0.39 is 0 Å². The summed E-state index contributed by atoms with van der Waals surface area (Å²) < 4.78 is 2.36. The standard InChI is InChI=1S/C31H46N4O2S2/c1-4-6-7-8-9-10-11-12-13-17-21-35-30(37)27(39-31(35)38)22-25-24(3)26(23-32)29(36)34(18-5-2)28(25)33-19-15-14-16-20-33/h22H,4-21H2,1-3H3. The lowest BCUT2D eigenvalue weighted by atomic mass is 10.0. The fraction of sp³-hybridized carbons (Fsp3) is 0.677. The topological polar surface area (TPSA) is 69.3 Å². The molecule has 6 nitrogen and oxygen atoms in total. The lowest BCUT2D eigenvalue weighted by molar-refractivity contribution is -0.122. The average Bonchev–Trinajstić information content (AvgIpc) is 3.20. The maximum absolute atomic E-state index is 13.4. The molecule has 2 aliphatic rings. The van der Waals surface area contributed by atoms with Crippen molar-refractivity contribution in [2.24, 2.45) is 0 Å². The zero-order valence-electron chi connectivity index (χ0n) is 24.2. The zero-order chi connectivity index (χ0) is 28.2. The van der Waals surface area contributed by atoms with Gasteiger partial charge in [-0.1, -0.05) is 95.6 Å². The maximum Gasteiger partial charge on any atom is 0.270 e. The van der Waals surface area contributed by atoms with Crippen molar-refractivity contribution in [2.45, 2.75) is 117 Å². The van der Waals surface area contributed by atoms with Crippen LogP contribution in [0.5, 0.6) is 0 Å².